The number of aromatic nitrogens is 1. The number of ether oxygens (including phenoxy) is 1. The van der Waals surface area contributed by atoms with Gasteiger partial charge in [0, 0.05) is 44.8 Å². The maximum absolute atomic E-state index is 14.6. The molecule has 0 saturated carbocycles. The summed E-state index contributed by atoms with van der Waals surface area (Å²) < 4.78 is 22.0. The summed E-state index contributed by atoms with van der Waals surface area (Å²) in [6, 6.07) is 16.6. The molecule has 2 aliphatic rings. The molecule has 0 bridgehead atoms. The van der Waals surface area contributed by atoms with Crippen molar-refractivity contribution in [1.29, 1.82) is 5.26 Å². The van der Waals surface area contributed by atoms with Gasteiger partial charge in [0.1, 0.15) is 33.3 Å². The van der Waals surface area contributed by atoms with E-state index in [0.29, 0.717) is 77.5 Å². The zero-order valence-corrected chi connectivity index (χ0v) is 27.3. The number of thioether (sulfide) groups is 1. The first-order valence-electron chi connectivity index (χ1n) is 15.1. The van der Waals surface area contributed by atoms with E-state index in [2.05, 4.69) is 17.9 Å². The molecule has 234 valence electrons. The molecule has 2 aromatic carbocycles. The third kappa shape index (κ3) is 6.77. The minimum atomic E-state index is -0.334. The predicted molar refractivity (Wildman–Crippen MR) is 182 cm³/mol. The molecule has 2 aliphatic heterocycles. The monoisotopic (exact) mass is 645 g/mol. The van der Waals surface area contributed by atoms with Gasteiger partial charge in [-0.15, -0.1) is 0 Å². The molecule has 11 heteroatoms. The van der Waals surface area contributed by atoms with Crippen LogP contribution in [-0.2, 0) is 17.8 Å². The summed E-state index contributed by atoms with van der Waals surface area (Å²) in [6.45, 7) is 6.86. The van der Waals surface area contributed by atoms with Crippen molar-refractivity contribution in [3.05, 3.63) is 91.9 Å². The number of nitriles is 1. The third-order valence-corrected chi connectivity index (χ3v) is 9.66. The largest absolute Gasteiger partial charge is 0.497 e. The molecule has 0 aliphatic carbocycles. The van der Waals surface area contributed by atoms with Crippen LogP contribution in [0.2, 0.25) is 0 Å². The third-order valence-electron chi connectivity index (χ3n) is 8.29. The van der Waals surface area contributed by atoms with Crippen LogP contribution in [0.4, 0.5) is 15.9 Å². The van der Waals surface area contributed by atoms with Crippen molar-refractivity contribution in [2.45, 2.75) is 39.7 Å². The number of halogens is 1. The van der Waals surface area contributed by atoms with Crippen LogP contribution in [0.1, 0.15) is 42.0 Å². The molecule has 45 heavy (non-hydrogen) atoms. The van der Waals surface area contributed by atoms with Crippen LogP contribution in [-0.4, -0.2) is 59.5 Å². The fourth-order valence-electron chi connectivity index (χ4n) is 5.73. The van der Waals surface area contributed by atoms with Gasteiger partial charge in [0.15, 0.2) is 0 Å². The van der Waals surface area contributed by atoms with Crippen LogP contribution < -0.4 is 20.1 Å². The van der Waals surface area contributed by atoms with Gasteiger partial charge in [0.2, 0.25) is 0 Å². The average Bonchev–Trinajstić information content (AvgIpc) is 3.32. The molecule has 1 amide bonds. The Morgan fingerprint density at radius 1 is 1.04 bits per heavy atom. The van der Waals surface area contributed by atoms with Crippen molar-refractivity contribution in [2.24, 2.45) is 0 Å². The van der Waals surface area contributed by atoms with Crippen LogP contribution in [0.25, 0.3) is 6.08 Å². The number of hydrogen-bond acceptors (Lipinski definition) is 8. The molecule has 0 spiro atoms. The zero-order valence-electron chi connectivity index (χ0n) is 25.7. The number of amides is 1. The summed E-state index contributed by atoms with van der Waals surface area (Å²) in [6.07, 6.45) is 4.04. The van der Waals surface area contributed by atoms with Gasteiger partial charge < -0.3 is 14.5 Å². The normalized spacial score (nSPS) is 16.1. The minimum absolute atomic E-state index is 0.0704. The summed E-state index contributed by atoms with van der Waals surface area (Å²) >= 11 is 6.86. The summed E-state index contributed by atoms with van der Waals surface area (Å²) in [5.41, 5.74) is 2.54. The summed E-state index contributed by atoms with van der Waals surface area (Å²) in [7, 11) is 1.62. The number of nitrogens with zero attached hydrogens (tertiary/aromatic N) is 5. The number of piperazine rings is 1. The van der Waals surface area contributed by atoms with E-state index in [1.54, 1.807) is 41.7 Å². The smallest absolute Gasteiger partial charge is 0.270 e. The number of rotatable bonds is 10. The van der Waals surface area contributed by atoms with E-state index in [0.717, 1.165) is 24.2 Å². The van der Waals surface area contributed by atoms with Gasteiger partial charge in [0.25, 0.3) is 11.5 Å². The average molecular weight is 646 g/mol. The number of benzene rings is 2. The van der Waals surface area contributed by atoms with E-state index in [4.69, 9.17) is 17.0 Å². The highest BCUT2D eigenvalue weighted by molar-refractivity contribution is 8.26. The van der Waals surface area contributed by atoms with Crippen molar-refractivity contribution >= 4 is 51.8 Å². The molecule has 0 radical (unpaired) electrons. The molecule has 8 nitrogen and oxygen atoms in total. The Kier molecular flexibility index (Phi) is 10.3. The predicted octanol–water partition coefficient (Wildman–Crippen LogP) is 5.75. The molecule has 0 unspecified atom stereocenters. The van der Waals surface area contributed by atoms with Gasteiger partial charge in [-0.1, -0.05) is 61.6 Å². The van der Waals surface area contributed by atoms with Crippen LogP contribution in [0.15, 0.2) is 58.2 Å². The molecule has 2 fully saturated rings. The molecular formula is C34H36FN5O3S2. The summed E-state index contributed by atoms with van der Waals surface area (Å²) in [5.74, 6) is 0.985. The minimum Gasteiger partial charge on any atom is -0.497 e. The second-order valence-electron chi connectivity index (χ2n) is 11.0. The van der Waals surface area contributed by atoms with Crippen LogP contribution >= 0.6 is 24.0 Å². The molecule has 1 aromatic heterocycles. The number of thiocarbonyl (C=S) groups is 1. The molecule has 2 saturated heterocycles. The van der Waals surface area contributed by atoms with Crippen LogP contribution in [0.3, 0.4) is 0 Å². The summed E-state index contributed by atoms with van der Waals surface area (Å²) in [5, 5.41) is 10.0. The highest BCUT2D eigenvalue weighted by Gasteiger charge is 2.33. The lowest BCUT2D eigenvalue weighted by Crippen LogP contribution is -2.49. The van der Waals surface area contributed by atoms with Crippen molar-refractivity contribution in [3.63, 3.8) is 0 Å². The Hall–Kier alpha value is -4.14. The lowest BCUT2D eigenvalue weighted by Gasteiger charge is -2.39. The van der Waals surface area contributed by atoms with Crippen molar-refractivity contribution in [1.82, 2.24) is 9.47 Å². The zero-order chi connectivity index (χ0) is 32.1. The van der Waals surface area contributed by atoms with Gasteiger partial charge in [-0.2, -0.15) is 5.26 Å². The van der Waals surface area contributed by atoms with E-state index in [9.17, 15) is 19.2 Å². The first-order valence-corrected chi connectivity index (χ1v) is 16.3. The first kappa shape index (κ1) is 32.3. The van der Waals surface area contributed by atoms with E-state index >= 15 is 0 Å². The maximum Gasteiger partial charge on any atom is 0.270 e. The first-order chi connectivity index (χ1) is 21.8. The number of unbranched alkanes of at least 4 members (excludes halogenated alkanes) is 1. The second-order valence-corrected chi connectivity index (χ2v) is 12.7. The molecule has 3 aromatic rings. The maximum atomic E-state index is 14.6. The Bertz CT molecular complexity index is 1720. The number of carbonyl (C=O) groups excluding carboxylic acids is 1. The Labute approximate surface area is 272 Å². The fraction of sp³-hybridized carbons (Fsp3) is 0.353. The number of hydrogen-bond donors (Lipinski definition) is 0. The standard InChI is InChI=1S/C34H36FN5O3S2/c1-4-5-15-39-31(38-19-17-37(18-20-38)29-9-7-6-8-28(29)35)26(23(2)27(22-36)32(39)41)21-30-33(42)40(34(44)45-30)16-14-24-10-12-25(43-3)13-11-24/h6-13,21H,4-5,14-20H2,1-3H3/b30-21+. The topological polar surface area (TPSA) is 81.8 Å². The molecular weight excluding hydrogens is 610 g/mol. The molecule has 0 atom stereocenters. The second kappa shape index (κ2) is 14.3. The quantitative estimate of drug-likeness (QED) is 0.204. The molecule has 5 rings (SSSR count). The van der Waals surface area contributed by atoms with E-state index in [-0.39, 0.29) is 22.8 Å². The van der Waals surface area contributed by atoms with E-state index < -0.39 is 0 Å². The van der Waals surface area contributed by atoms with Crippen molar-refractivity contribution in [3.8, 4) is 11.8 Å². The van der Waals surface area contributed by atoms with Crippen molar-refractivity contribution in [2.75, 3.05) is 49.6 Å². The Morgan fingerprint density at radius 2 is 1.73 bits per heavy atom. The molecule has 3 heterocycles. The van der Waals surface area contributed by atoms with Crippen molar-refractivity contribution < 1.29 is 13.9 Å². The van der Waals surface area contributed by atoms with Gasteiger partial charge >= 0.3 is 0 Å². The van der Waals surface area contributed by atoms with Crippen LogP contribution in [0, 0.1) is 24.1 Å². The highest BCUT2D eigenvalue weighted by atomic mass is 32.2. The summed E-state index contributed by atoms with van der Waals surface area (Å²) in [4.78, 5) is 33.5. The number of methoxy groups -OCH3 is 1. The van der Waals surface area contributed by atoms with Crippen LogP contribution in [0.5, 0.6) is 5.75 Å². The SMILES string of the molecule is CCCCn1c(N2CCN(c3ccccc3F)CC2)c(/C=C2/SC(=S)N(CCc3ccc(OC)cc3)C2=O)c(C)c(C#N)c1=O. The lowest BCUT2D eigenvalue weighted by molar-refractivity contribution is -0.122. The number of pyridine rings is 1. The number of para-hydroxylation sites is 1. The Balaban J connectivity index is 1.48. The van der Waals surface area contributed by atoms with E-state index in [1.165, 1.54) is 17.8 Å². The van der Waals surface area contributed by atoms with E-state index in [1.807, 2.05) is 35.2 Å². The van der Waals surface area contributed by atoms with Gasteiger partial charge in [-0.05, 0) is 61.2 Å². The van der Waals surface area contributed by atoms with Gasteiger partial charge in [-0.3, -0.25) is 19.1 Å². The lowest BCUT2D eigenvalue weighted by atomic mass is 10.0. The highest BCUT2D eigenvalue weighted by Crippen LogP contribution is 2.36. The number of anilines is 2. The van der Waals surface area contributed by atoms with Gasteiger partial charge in [-0.25, -0.2) is 4.39 Å². The fourth-order valence-corrected chi connectivity index (χ4v) is 7.02. The molecule has 0 N–H and O–H groups in total. The Morgan fingerprint density at radius 3 is 2.38 bits per heavy atom. The number of carbonyl (C=O) groups is 1. The van der Waals surface area contributed by atoms with Gasteiger partial charge in [0.05, 0.1) is 17.7 Å².